The number of amides is 2. The van der Waals surface area contributed by atoms with Crippen molar-refractivity contribution in [1.29, 1.82) is 0 Å². The summed E-state index contributed by atoms with van der Waals surface area (Å²) in [5.74, 6) is 1.04. The summed E-state index contributed by atoms with van der Waals surface area (Å²) in [5.41, 5.74) is 5.34. The number of nitrogens with zero attached hydrogens (tertiary/aromatic N) is 2. The Morgan fingerprint density at radius 3 is 2.44 bits per heavy atom. The van der Waals surface area contributed by atoms with Gasteiger partial charge in [0.2, 0.25) is 11.8 Å². The molecule has 2 atom stereocenters. The molecule has 0 aliphatic carbocycles. The maximum absolute atomic E-state index is 13.9. The van der Waals surface area contributed by atoms with E-state index in [2.05, 4.69) is 12.2 Å². The van der Waals surface area contributed by atoms with Gasteiger partial charge in [0.25, 0.3) is 0 Å². The molecule has 1 N–H and O–H groups in total. The van der Waals surface area contributed by atoms with Crippen molar-refractivity contribution >= 4 is 34.8 Å². The molecule has 0 aromatic heterocycles. The van der Waals surface area contributed by atoms with Crippen LogP contribution in [0.25, 0.3) is 0 Å². The third-order valence-corrected chi connectivity index (χ3v) is 7.30. The molecule has 0 saturated heterocycles. The van der Waals surface area contributed by atoms with E-state index in [9.17, 15) is 9.59 Å². The number of benzene rings is 3. The summed E-state index contributed by atoms with van der Waals surface area (Å²) in [6.07, 6.45) is 1.04. The molecule has 1 heterocycles. The molecule has 2 unspecified atom stereocenters. The van der Waals surface area contributed by atoms with Crippen LogP contribution in [0, 0.1) is 0 Å². The van der Waals surface area contributed by atoms with Crippen LogP contribution in [-0.2, 0) is 22.6 Å². The first-order chi connectivity index (χ1) is 18.6. The molecule has 3 aromatic carbocycles. The molecule has 0 saturated carbocycles. The van der Waals surface area contributed by atoms with E-state index in [-0.39, 0.29) is 30.9 Å². The molecule has 1 aliphatic rings. The molecule has 0 bridgehead atoms. The van der Waals surface area contributed by atoms with Gasteiger partial charge >= 0.3 is 0 Å². The molecule has 3 aromatic rings. The minimum atomic E-state index is -0.474. The van der Waals surface area contributed by atoms with Gasteiger partial charge in [-0.1, -0.05) is 24.6 Å². The van der Waals surface area contributed by atoms with E-state index >= 15 is 0 Å². The van der Waals surface area contributed by atoms with E-state index in [1.807, 2.05) is 85.4 Å². The number of methoxy groups -OCH3 is 1. The van der Waals surface area contributed by atoms with Crippen LogP contribution in [0.1, 0.15) is 55.5 Å². The fourth-order valence-corrected chi connectivity index (χ4v) is 5.03. The van der Waals surface area contributed by atoms with E-state index in [1.165, 1.54) is 6.92 Å². The first-order valence-electron chi connectivity index (χ1n) is 13.1. The second kappa shape index (κ2) is 12.0. The van der Waals surface area contributed by atoms with Crippen molar-refractivity contribution < 1.29 is 19.1 Å². The lowest BCUT2D eigenvalue weighted by molar-refractivity contribution is -0.119. The van der Waals surface area contributed by atoms with Crippen LogP contribution in [-0.4, -0.2) is 39.1 Å². The Morgan fingerprint density at radius 1 is 1.10 bits per heavy atom. The normalized spacial score (nSPS) is 15.4. The van der Waals surface area contributed by atoms with E-state index in [4.69, 9.17) is 21.1 Å². The summed E-state index contributed by atoms with van der Waals surface area (Å²) in [5, 5.41) is 3.44. The molecule has 0 fully saturated rings. The Balaban J connectivity index is 1.95. The second-order valence-corrected chi connectivity index (χ2v) is 10.5. The molecule has 39 heavy (non-hydrogen) atoms. The van der Waals surface area contributed by atoms with Crippen molar-refractivity contribution in [3.63, 3.8) is 0 Å². The van der Waals surface area contributed by atoms with Crippen molar-refractivity contribution in [2.45, 2.75) is 52.3 Å². The number of anilines is 2. The fraction of sp³-hybridized carbons (Fsp3) is 0.355. The van der Waals surface area contributed by atoms with Crippen molar-refractivity contribution in [3.05, 3.63) is 81.9 Å². The first kappa shape index (κ1) is 28.3. The Hall–Kier alpha value is -3.71. The predicted molar refractivity (Wildman–Crippen MR) is 156 cm³/mol. The van der Waals surface area contributed by atoms with Gasteiger partial charge in [-0.15, -0.1) is 0 Å². The molecule has 7 nitrogen and oxygen atoms in total. The summed E-state index contributed by atoms with van der Waals surface area (Å²) in [6, 6.07) is 17.0. The van der Waals surface area contributed by atoms with Crippen LogP contribution in [0.3, 0.4) is 0 Å². The number of halogens is 1. The SMILES string of the molecule is CCC(C)Oc1cc2c(cc1OC)CC(=O)N(c1ccc(N(C)C)cc1)C2c1ccc(Cl)cc1CNC(C)=O. The lowest BCUT2D eigenvalue weighted by Gasteiger charge is -2.39. The zero-order valence-corrected chi connectivity index (χ0v) is 24.1. The summed E-state index contributed by atoms with van der Waals surface area (Å²) < 4.78 is 11.9. The highest BCUT2D eigenvalue weighted by molar-refractivity contribution is 6.30. The smallest absolute Gasteiger partial charge is 0.232 e. The van der Waals surface area contributed by atoms with Gasteiger partial charge in [0.15, 0.2) is 11.5 Å². The number of ether oxygens (including phenoxy) is 2. The Morgan fingerprint density at radius 2 is 1.82 bits per heavy atom. The van der Waals surface area contributed by atoms with Gasteiger partial charge in [0.1, 0.15) is 0 Å². The summed E-state index contributed by atoms with van der Waals surface area (Å²) in [7, 11) is 5.57. The molecule has 2 amide bonds. The average Bonchev–Trinajstić information content (AvgIpc) is 2.91. The maximum atomic E-state index is 13.9. The molecule has 206 valence electrons. The van der Waals surface area contributed by atoms with E-state index in [1.54, 1.807) is 7.11 Å². The van der Waals surface area contributed by atoms with Gasteiger partial charge in [0, 0.05) is 44.0 Å². The zero-order valence-electron chi connectivity index (χ0n) is 23.4. The number of carbonyl (C=O) groups is 2. The van der Waals surface area contributed by atoms with Crippen molar-refractivity contribution in [1.82, 2.24) is 5.32 Å². The highest BCUT2D eigenvalue weighted by Gasteiger charge is 2.37. The molecule has 4 rings (SSSR count). The highest BCUT2D eigenvalue weighted by atomic mass is 35.5. The lowest BCUT2D eigenvalue weighted by atomic mass is 9.85. The lowest BCUT2D eigenvalue weighted by Crippen LogP contribution is -2.41. The van der Waals surface area contributed by atoms with Crippen molar-refractivity contribution in [2.75, 3.05) is 31.0 Å². The van der Waals surface area contributed by atoms with Gasteiger partial charge < -0.3 is 24.6 Å². The molecular weight excluding hydrogens is 514 g/mol. The number of fused-ring (bicyclic) bond motifs is 1. The van der Waals surface area contributed by atoms with Crippen molar-refractivity contribution in [3.8, 4) is 11.5 Å². The van der Waals surface area contributed by atoms with E-state index in [0.717, 1.165) is 40.0 Å². The number of carbonyl (C=O) groups excluding carboxylic acids is 2. The van der Waals surface area contributed by atoms with Crippen LogP contribution in [0.4, 0.5) is 11.4 Å². The van der Waals surface area contributed by atoms with Crippen LogP contribution in [0.15, 0.2) is 54.6 Å². The highest BCUT2D eigenvalue weighted by Crippen LogP contribution is 2.45. The van der Waals surface area contributed by atoms with Gasteiger partial charge in [-0.05, 0) is 84.1 Å². The van der Waals surface area contributed by atoms with Gasteiger partial charge in [0.05, 0.1) is 25.7 Å². The third-order valence-electron chi connectivity index (χ3n) is 7.06. The molecule has 8 heteroatoms. The van der Waals surface area contributed by atoms with Crippen LogP contribution < -0.4 is 24.6 Å². The van der Waals surface area contributed by atoms with E-state index in [0.29, 0.717) is 16.5 Å². The Bertz CT molecular complexity index is 1360. The molecular formula is C31H36ClN3O4. The monoisotopic (exact) mass is 549 g/mol. The van der Waals surface area contributed by atoms with Gasteiger partial charge in [-0.25, -0.2) is 0 Å². The topological polar surface area (TPSA) is 71.1 Å². The zero-order chi connectivity index (χ0) is 28.3. The molecule has 1 aliphatic heterocycles. The van der Waals surface area contributed by atoms with Gasteiger partial charge in [-0.3, -0.25) is 9.59 Å². The summed E-state index contributed by atoms with van der Waals surface area (Å²) in [4.78, 5) is 29.5. The number of hydrogen-bond donors (Lipinski definition) is 1. The maximum Gasteiger partial charge on any atom is 0.232 e. The number of nitrogens with one attached hydrogen (secondary N) is 1. The first-order valence-corrected chi connectivity index (χ1v) is 13.5. The summed E-state index contributed by atoms with van der Waals surface area (Å²) >= 11 is 6.40. The number of hydrogen-bond acceptors (Lipinski definition) is 5. The van der Waals surface area contributed by atoms with Crippen LogP contribution >= 0.6 is 11.6 Å². The van der Waals surface area contributed by atoms with Crippen LogP contribution in [0.2, 0.25) is 5.02 Å². The predicted octanol–water partition coefficient (Wildman–Crippen LogP) is 5.91. The minimum absolute atomic E-state index is 0.0128. The molecule has 0 spiro atoms. The molecule has 0 radical (unpaired) electrons. The second-order valence-electron chi connectivity index (χ2n) is 10.0. The van der Waals surface area contributed by atoms with Gasteiger partial charge in [-0.2, -0.15) is 0 Å². The Kier molecular flexibility index (Phi) is 8.70. The summed E-state index contributed by atoms with van der Waals surface area (Å²) in [6.45, 7) is 5.85. The quantitative estimate of drug-likeness (QED) is 0.359. The number of rotatable bonds is 9. The standard InChI is InChI=1S/C31H36ClN3O4/c1-7-19(2)39-29-17-27-21(15-28(29)38-6)16-30(37)35(25-11-9-24(10-12-25)34(4)5)31(27)26-13-8-23(32)14-22(26)18-33-20(3)36/h8-15,17,19,31H,7,16,18H2,1-6H3,(H,33,36). The fourth-order valence-electron chi connectivity index (χ4n) is 4.83. The average molecular weight is 550 g/mol. The largest absolute Gasteiger partial charge is 0.493 e. The third kappa shape index (κ3) is 6.14. The van der Waals surface area contributed by atoms with Crippen molar-refractivity contribution in [2.24, 2.45) is 0 Å². The van der Waals surface area contributed by atoms with E-state index < -0.39 is 6.04 Å². The minimum Gasteiger partial charge on any atom is -0.493 e. The Labute approximate surface area is 235 Å². The van der Waals surface area contributed by atoms with Crippen LogP contribution in [0.5, 0.6) is 11.5 Å².